The lowest BCUT2D eigenvalue weighted by molar-refractivity contribution is -0.134. The van der Waals surface area contributed by atoms with Gasteiger partial charge in [0, 0.05) is 31.7 Å². The first kappa shape index (κ1) is 17.6. The molecule has 1 unspecified atom stereocenters. The first-order valence-electron chi connectivity index (χ1n) is 9.47. The zero-order chi connectivity index (χ0) is 18.8. The molecule has 0 saturated carbocycles. The van der Waals surface area contributed by atoms with E-state index in [1.807, 2.05) is 34.1 Å². The average molecular weight is 364 g/mol. The molecule has 1 fully saturated rings. The van der Waals surface area contributed by atoms with E-state index < -0.39 is 0 Å². The third kappa shape index (κ3) is 3.42. The Hall–Kier alpha value is -2.82. The first-order valence-corrected chi connectivity index (χ1v) is 9.47. The van der Waals surface area contributed by atoms with Gasteiger partial charge in [-0.3, -0.25) is 9.59 Å². The molecule has 2 aromatic rings. The van der Waals surface area contributed by atoms with Gasteiger partial charge in [-0.2, -0.15) is 0 Å². The molecule has 1 atom stereocenters. The fourth-order valence-corrected chi connectivity index (χ4v) is 4.10. The Morgan fingerprint density at radius 1 is 0.963 bits per heavy atom. The topological polar surface area (TPSA) is 49.9 Å². The number of carbonyl (C=O) groups excluding carboxylic acids is 2. The van der Waals surface area contributed by atoms with Crippen molar-refractivity contribution in [2.45, 2.75) is 18.8 Å². The highest BCUT2D eigenvalue weighted by Gasteiger charge is 2.33. The van der Waals surface area contributed by atoms with E-state index >= 15 is 0 Å². The number of aryl methyl sites for hydroxylation is 1. The summed E-state index contributed by atoms with van der Waals surface area (Å²) in [4.78, 5) is 29.5. The van der Waals surface area contributed by atoms with Gasteiger partial charge in [0.1, 0.15) is 5.75 Å². The Kier molecular flexibility index (Phi) is 4.84. The summed E-state index contributed by atoms with van der Waals surface area (Å²) in [7, 11) is 1.59. The van der Waals surface area contributed by atoms with Crippen molar-refractivity contribution in [1.82, 2.24) is 9.80 Å². The number of fused-ring (bicyclic) bond motifs is 1. The molecular weight excluding hydrogens is 340 g/mol. The van der Waals surface area contributed by atoms with Gasteiger partial charge >= 0.3 is 0 Å². The zero-order valence-electron chi connectivity index (χ0n) is 15.6. The number of ether oxygens (including phenoxy) is 1. The molecule has 0 spiro atoms. The van der Waals surface area contributed by atoms with Crippen molar-refractivity contribution in [1.29, 1.82) is 0 Å². The van der Waals surface area contributed by atoms with Crippen molar-refractivity contribution >= 4 is 11.8 Å². The number of nitrogens with zero attached hydrogens (tertiary/aromatic N) is 2. The maximum atomic E-state index is 13.0. The predicted molar refractivity (Wildman–Crippen MR) is 103 cm³/mol. The SMILES string of the molecule is COc1cccc(C(=O)N2CCN(C(=O)C3CCc4ccccc43)CC2)c1. The average Bonchev–Trinajstić information content (AvgIpc) is 3.17. The van der Waals surface area contributed by atoms with Crippen LogP contribution in [-0.2, 0) is 11.2 Å². The molecular formula is C22H24N2O3. The standard InChI is InChI=1S/C22H24N2O3/c1-27-18-7-4-6-17(15-18)21(25)23-11-13-24(14-12-23)22(26)20-10-9-16-5-2-3-8-19(16)20/h2-8,15,20H,9-14H2,1H3. The Morgan fingerprint density at radius 2 is 1.70 bits per heavy atom. The van der Waals surface area contributed by atoms with E-state index in [1.165, 1.54) is 11.1 Å². The van der Waals surface area contributed by atoms with Gasteiger partial charge in [0.05, 0.1) is 13.0 Å². The van der Waals surface area contributed by atoms with E-state index in [4.69, 9.17) is 4.74 Å². The Morgan fingerprint density at radius 3 is 2.48 bits per heavy atom. The molecule has 2 amide bonds. The minimum absolute atomic E-state index is 0.00721. The lowest BCUT2D eigenvalue weighted by atomic mass is 9.99. The molecule has 2 aromatic carbocycles. The number of carbonyl (C=O) groups is 2. The van der Waals surface area contributed by atoms with Crippen molar-refractivity contribution in [2.75, 3.05) is 33.3 Å². The second-order valence-corrected chi connectivity index (χ2v) is 7.14. The van der Waals surface area contributed by atoms with Gasteiger partial charge in [0.2, 0.25) is 5.91 Å². The quantitative estimate of drug-likeness (QED) is 0.841. The van der Waals surface area contributed by atoms with E-state index in [0.29, 0.717) is 37.5 Å². The van der Waals surface area contributed by atoms with Crippen molar-refractivity contribution < 1.29 is 14.3 Å². The number of rotatable bonds is 3. The van der Waals surface area contributed by atoms with Crippen molar-refractivity contribution in [3.05, 3.63) is 65.2 Å². The molecule has 4 rings (SSSR count). The van der Waals surface area contributed by atoms with E-state index in [1.54, 1.807) is 19.2 Å². The van der Waals surface area contributed by atoms with E-state index in [2.05, 4.69) is 12.1 Å². The number of hydrogen-bond acceptors (Lipinski definition) is 3. The summed E-state index contributed by atoms with van der Waals surface area (Å²) in [5.41, 5.74) is 3.10. The molecule has 5 heteroatoms. The third-order valence-electron chi connectivity index (χ3n) is 5.63. The van der Waals surface area contributed by atoms with Crippen LogP contribution in [0.5, 0.6) is 5.75 Å². The predicted octanol–water partition coefficient (Wildman–Crippen LogP) is 2.71. The molecule has 140 valence electrons. The molecule has 1 aliphatic heterocycles. The number of amides is 2. The van der Waals surface area contributed by atoms with Crippen LogP contribution in [0.25, 0.3) is 0 Å². The van der Waals surface area contributed by atoms with Gasteiger partial charge in [0.25, 0.3) is 5.91 Å². The smallest absolute Gasteiger partial charge is 0.254 e. The molecule has 1 aliphatic carbocycles. The van der Waals surface area contributed by atoms with E-state index in [0.717, 1.165) is 12.8 Å². The van der Waals surface area contributed by atoms with E-state index in [9.17, 15) is 9.59 Å². The molecule has 1 saturated heterocycles. The maximum Gasteiger partial charge on any atom is 0.254 e. The summed E-state index contributed by atoms with van der Waals surface area (Å²) >= 11 is 0. The number of methoxy groups -OCH3 is 1. The summed E-state index contributed by atoms with van der Waals surface area (Å²) in [6.45, 7) is 2.31. The Balaban J connectivity index is 1.39. The van der Waals surface area contributed by atoms with Gasteiger partial charge < -0.3 is 14.5 Å². The Labute approximate surface area is 159 Å². The fourth-order valence-electron chi connectivity index (χ4n) is 4.10. The second-order valence-electron chi connectivity index (χ2n) is 7.14. The minimum Gasteiger partial charge on any atom is -0.497 e. The van der Waals surface area contributed by atoms with Crippen LogP contribution < -0.4 is 4.74 Å². The van der Waals surface area contributed by atoms with Crippen LogP contribution in [0.4, 0.5) is 0 Å². The molecule has 1 heterocycles. The van der Waals surface area contributed by atoms with Crippen LogP contribution in [0.1, 0.15) is 33.8 Å². The van der Waals surface area contributed by atoms with Gasteiger partial charge in [-0.15, -0.1) is 0 Å². The minimum atomic E-state index is -0.0261. The third-order valence-corrected chi connectivity index (χ3v) is 5.63. The molecule has 27 heavy (non-hydrogen) atoms. The van der Waals surface area contributed by atoms with Crippen molar-refractivity contribution in [2.24, 2.45) is 0 Å². The van der Waals surface area contributed by atoms with Gasteiger partial charge in [-0.05, 0) is 42.2 Å². The van der Waals surface area contributed by atoms with Crippen LogP contribution >= 0.6 is 0 Å². The monoisotopic (exact) mass is 364 g/mol. The van der Waals surface area contributed by atoms with Crippen molar-refractivity contribution in [3.8, 4) is 5.75 Å². The largest absolute Gasteiger partial charge is 0.497 e. The highest BCUT2D eigenvalue weighted by Crippen LogP contribution is 2.34. The fraction of sp³-hybridized carbons (Fsp3) is 0.364. The summed E-state index contributed by atoms with van der Waals surface area (Å²) in [6, 6.07) is 15.5. The van der Waals surface area contributed by atoms with E-state index in [-0.39, 0.29) is 17.7 Å². The summed E-state index contributed by atoms with van der Waals surface area (Å²) in [5.74, 6) is 0.844. The highest BCUT2D eigenvalue weighted by molar-refractivity contribution is 5.95. The lowest BCUT2D eigenvalue weighted by Crippen LogP contribution is -2.51. The van der Waals surface area contributed by atoms with Crippen LogP contribution in [0.15, 0.2) is 48.5 Å². The lowest BCUT2D eigenvalue weighted by Gasteiger charge is -2.36. The summed E-state index contributed by atoms with van der Waals surface area (Å²) in [5, 5.41) is 0. The molecule has 0 radical (unpaired) electrons. The number of piperazine rings is 1. The molecule has 0 N–H and O–H groups in total. The van der Waals surface area contributed by atoms with Gasteiger partial charge in [0.15, 0.2) is 0 Å². The molecule has 2 aliphatic rings. The van der Waals surface area contributed by atoms with Crippen LogP contribution in [-0.4, -0.2) is 54.9 Å². The molecule has 5 nitrogen and oxygen atoms in total. The van der Waals surface area contributed by atoms with Crippen LogP contribution in [0.2, 0.25) is 0 Å². The zero-order valence-corrected chi connectivity index (χ0v) is 15.6. The van der Waals surface area contributed by atoms with Crippen LogP contribution in [0.3, 0.4) is 0 Å². The normalized spacial score (nSPS) is 18.9. The summed E-state index contributed by atoms with van der Waals surface area (Å²) in [6.07, 6.45) is 1.86. The summed E-state index contributed by atoms with van der Waals surface area (Å²) < 4.78 is 5.20. The molecule has 0 aromatic heterocycles. The number of benzene rings is 2. The second kappa shape index (κ2) is 7.43. The maximum absolute atomic E-state index is 13.0. The highest BCUT2D eigenvalue weighted by atomic mass is 16.5. The number of hydrogen-bond donors (Lipinski definition) is 0. The molecule has 0 bridgehead atoms. The first-order chi connectivity index (χ1) is 13.2. The Bertz CT molecular complexity index is 856. The van der Waals surface area contributed by atoms with Crippen LogP contribution in [0, 0.1) is 0 Å². The van der Waals surface area contributed by atoms with Gasteiger partial charge in [-0.1, -0.05) is 30.3 Å². The van der Waals surface area contributed by atoms with Crippen molar-refractivity contribution in [3.63, 3.8) is 0 Å². The van der Waals surface area contributed by atoms with Gasteiger partial charge in [-0.25, -0.2) is 0 Å².